The Bertz CT molecular complexity index is 226. The molecule has 0 aromatic rings. The molecule has 4 heteroatoms. The molecule has 1 amide bonds. The second-order valence-electron chi connectivity index (χ2n) is 3.38. The second-order valence-corrected chi connectivity index (χ2v) is 3.38. The highest BCUT2D eigenvalue weighted by molar-refractivity contribution is 5.86. The molecule has 0 saturated heterocycles. The Labute approximate surface area is 90.5 Å². The number of ether oxygens (including phenoxy) is 1. The summed E-state index contributed by atoms with van der Waals surface area (Å²) in [5, 5.41) is 0. The highest BCUT2D eigenvalue weighted by Gasteiger charge is 2.18. The van der Waals surface area contributed by atoms with Crippen molar-refractivity contribution in [2.24, 2.45) is 5.73 Å². The summed E-state index contributed by atoms with van der Waals surface area (Å²) in [5.41, 5.74) is 5.10. The molecule has 1 unspecified atom stereocenters. The van der Waals surface area contributed by atoms with E-state index in [-0.39, 0.29) is 0 Å². The van der Waals surface area contributed by atoms with Crippen molar-refractivity contribution in [1.82, 2.24) is 0 Å². The number of nitrogens with two attached hydrogens (primary N) is 1. The standard InChI is InChI=1S/C11H19NO3/c1-3-5-6-7-8-9(11(12)14)15-10(13)4-2/h4,9H,2-3,5-8H2,1H3,(H2,12,14). The number of unbranched alkanes of at least 4 members (excludes halogenated alkanes) is 3. The van der Waals surface area contributed by atoms with Gasteiger partial charge in [-0.3, -0.25) is 4.79 Å². The molecule has 86 valence electrons. The van der Waals surface area contributed by atoms with E-state index in [9.17, 15) is 9.59 Å². The fourth-order valence-corrected chi connectivity index (χ4v) is 1.20. The molecule has 2 N–H and O–H groups in total. The highest BCUT2D eigenvalue weighted by atomic mass is 16.5. The van der Waals surface area contributed by atoms with E-state index in [4.69, 9.17) is 10.5 Å². The first-order chi connectivity index (χ1) is 7.11. The van der Waals surface area contributed by atoms with Crippen LogP contribution < -0.4 is 5.73 Å². The summed E-state index contributed by atoms with van der Waals surface area (Å²) in [5.74, 6) is -1.20. The topological polar surface area (TPSA) is 69.4 Å². The van der Waals surface area contributed by atoms with Crippen molar-refractivity contribution in [1.29, 1.82) is 0 Å². The lowest BCUT2D eigenvalue weighted by Gasteiger charge is -2.12. The van der Waals surface area contributed by atoms with Crippen molar-refractivity contribution in [2.45, 2.75) is 45.1 Å². The van der Waals surface area contributed by atoms with Crippen LogP contribution in [-0.2, 0) is 14.3 Å². The number of hydrogen-bond donors (Lipinski definition) is 1. The maximum absolute atomic E-state index is 10.9. The summed E-state index contributed by atoms with van der Waals surface area (Å²) in [6.07, 6.45) is 4.80. The molecule has 15 heavy (non-hydrogen) atoms. The minimum Gasteiger partial charge on any atom is -0.449 e. The Morgan fingerprint density at radius 2 is 2.07 bits per heavy atom. The highest BCUT2D eigenvalue weighted by Crippen LogP contribution is 2.08. The lowest BCUT2D eigenvalue weighted by Crippen LogP contribution is -2.32. The number of rotatable bonds is 8. The van der Waals surface area contributed by atoms with E-state index in [1.54, 1.807) is 0 Å². The van der Waals surface area contributed by atoms with Crippen molar-refractivity contribution in [3.63, 3.8) is 0 Å². The lowest BCUT2D eigenvalue weighted by molar-refractivity contribution is -0.150. The van der Waals surface area contributed by atoms with Gasteiger partial charge in [0.2, 0.25) is 0 Å². The zero-order valence-electron chi connectivity index (χ0n) is 9.20. The van der Waals surface area contributed by atoms with E-state index in [2.05, 4.69) is 13.5 Å². The van der Waals surface area contributed by atoms with Crippen molar-refractivity contribution in [3.8, 4) is 0 Å². The molecular weight excluding hydrogens is 194 g/mol. The number of carbonyl (C=O) groups excluding carboxylic acids is 2. The smallest absolute Gasteiger partial charge is 0.330 e. The van der Waals surface area contributed by atoms with Crippen LogP contribution in [0.1, 0.15) is 39.0 Å². The summed E-state index contributed by atoms with van der Waals surface area (Å²) in [4.78, 5) is 21.8. The van der Waals surface area contributed by atoms with Gasteiger partial charge in [-0.1, -0.05) is 32.8 Å². The Balaban J connectivity index is 3.89. The van der Waals surface area contributed by atoms with Crippen molar-refractivity contribution >= 4 is 11.9 Å². The molecule has 0 rings (SSSR count). The van der Waals surface area contributed by atoms with Crippen LogP contribution in [0.3, 0.4) is 0 Å². The van der Waals surface area contributed by atoms with E-state index in [1.165, 1.54) is 0 Å². The van der Waals surface area contributed by atoms with Crippen molar-refractivity contribution in [3.05, 3.63) is 12.7 Å². The zero-order chi connectivity index (χ0) is 11.7. The van der Waals surface area contributed by atoms with Gasteiger partial charge in [-0.25, -0.2) is 4.79 Å². The van der Waals surface area contributed by atoms with E-state index < -0.39 is 18.0 Å². The van der Waals surface area contributed by atoms with Crippen LogP contribution in [0.5, 0.6) is 0 Å². The fourth-order valence-electron chi connectivity index (χ4n) is 1.20. The first-order valence-corrected chi connectivity index (χ1v) is 5.24. The maximum atomic E-state index is 10.9. The predicted molar refractivity (Wildman–Crippen MR) is 58.0 cm³/mol. The molecule has 0 bridgehead atoms. The molecule has 1 atom stereocenters. The predicted octanol–water partition coefficient (Wildman–Crippen LogP) is 1.54. The Hall–Kier alpha value is -1.32. The molecule has 0 saturated carbocycles. The average Bonchev–Trinajstić information content (AvgIpc) is 2.21. The molecule has 0 aromatic carbocycles. The Morgan fingerprint density at radius 1 is 1.40 bits per heavy atom. The SMILES string of the molecule is C=CC(=O)OC(CCCCCC)C(N)=O. The average molecular weight is 213 g/mol. The summed E-state index contributed by atoms with van der Waals surface area (Å²) in [6, 6.07) is 0. The van der Waals surface area contributed by atoms with E-state index in [1.807, 2.05) is 0 Å². The molecule has 0 radical (unpaired) electrons. The molecular formula is C11H19NO3. The van der Waals surface area contributed by atoms with Crippen molar-refractivity contribution in [2.75, 3.05) is 0 Å². The van der Waals surface area contributed by atoms with Gasteiger partial charge in [0.25, 0.3) is 5.91 Å². The summed E-state index contributed by atoms with van der Waals surface area (Å²) in [7, 11) is 0. The minimum absolute atomic E-state index is 0.495. The Morgan fingerprint density at radius 3 is 2.53 bits per heavy atom. The molecule has 0 aliphatic rings. The van der Waals surface area contributed by atoms with Crippen LogP contribution in [0.15, 0.2) is 12.7 Å². The van der Waals surface area contributed by atoms with E-state index in [0.29, 0.717) is 6.42 Å². The first kappa shape index (κ1) is 13.7. The van der Waals surface area contributed by atoms with Gasteiger partial charge >= 0.3 is 5.97 Å². The van der Waals surface area contributed by atoms with E-state index in [0.717, 1.165) is 31.8 Å². The van der Waals surface area contributed by atoms with Crippen LogP contribution in [-0.4, -0.2) is 18.0 Å². The van der Waals surface area contributed by atoms with Gasteiger partial charge in [-0.05, 0) is 12.8 Å². The van der Waals surface area contributed by atoms with Crippen LogP contribution >= 0.6 is 0 Å². The number of hydrogen-bond acceptors (Lipinski definition) is 3. The van der Waals surface area contributed by atoms with Gasteiger partial charge in [-0.15, -0.1) is 0 Å². The van der Waals surface area contributed by atoms with Gasteiger partial charge in [0.15, 0.2) is 6.10 Å². The summed E-state index contributed by atoms with van der Waals surface area (Å²) < 4.78 is 4.81. The third-order valence-electron chi connectivity index (χ3n) is 2.06. The van der Waals surface area contributed by atoms with Gasteiger partial charge in [0.1, 0.15) is 0 Å². The molecule has 0 fully saturated rings. The van der Waals surface area contributed by atoms with Gasteiger partial charge in [0, 0.05) is 6.08 Å². The van der Waals surface area contributed by atoms with E-state index >= 15 is 0 Å². The normalized spacial score (nSPS) is 11.8. The first-order valence-electron chi connectivity index (χ1n) is 5.24. The maximum Gasteiger partial charge on any atom is 0.330 e. The van der Waals surface area contributed by atoms with Crippen LogP contribution in [0.25, 0.3) is 0 Å². The fraction of sp³-hybridized carbons (Fsp3) is 0.636. The zero-order valence-corrected chi connectivity index (χ0v) is 9.20. The largest absolute Gasteiger partial charge is 0.449 e. The molecule has 4 nitrogen and oxygen atoms in total. The number of carbonyl (C=O) groups is 2. The second kappa shape index (κ2) is 8.03. The van der Waals surface area contributed by atoms with Crippen LogP contribution in [0.2, 0.25) is 0 Å². The molecule has 0 heterocycles. The summed E-state index contributed by atoms with van der Waals surface area (Å²) >= 11 is 0. The van der Waals surface area contributed by atoms with Crippen LogP contribution in [0.4, 0.5) is 0 Å². The third kappa shape index (κ3) is 6.71. The number of amides is 1. The Kier molecular flexibility index (Phi) is 7.32. The van der Waals surface area contributed by atoms with Gasteiger partial charge < -0.3 is 10.5 Å². The van der Waals surface area contributed by atoms with Gasteiger partial charge in [-0.2, -0.15) is 0 Å². The van der Waals surface area contributed by atoms with Gasteiger partial charge in [0.05, 0.1) is 0 Å². The molecule has 0 aromatic heterocycles. The minimum atomic E-state index is -0.813. The molecule has 0 aliphatic carbocycles. The third-order valence-corrected chi connectivity index (χ3v) is 2.06. The quantitative estimate of drug-likeness (QED) is 0.378. The van der Waals surface area contributed by atoms with Crippen LogP contribution in [0, 0.1) is 0 Å². The molecule has 0 aliphatic heterocycles. The summed E-state index contributed by atoms with van der Waals surface area (Å²) in [6.45, 7) is 5.36. The monoisotopic (exact) mass is 213 g/mol. The lowest BCUT2D eigenvalue weighted by atomic mass is 10.1. The number of primary amides is 1. The molecule has 0 spiro atoms. The number of esters is 1. The van der Waals surface area contributed by atoms with Crippen molar-refractivity contribution < 1.29 is 14.3 Å².